The molecule has 106 valence electrons. The van der Waals surface area contributed by atoms with Gasteiger partial charge in [-0.3, -0.25) is 4.90 Å². The van der Waals surface area contributed by atoms with E-state index in [1.54, 1.807) is 14.2 Å². The number of fused-ring (bicyclic) bond motifs is 1. The molecule has 19 heavy (non-hydrogen) atoms. The summed E-state index contributed by atoms with van der Waals surface area (Å²) in [4.78, 5) is 2.46. The fourth-order valence-corrected chi connectivity index (χ4v) is 2.68. The number of halogens is 1. The second-order valence-electron chi connectivity index (χ2n) is 5.22. The van der Waals surface area contributed by atoms with Gasteiger partial charge in [0.05, 0.1) is 14.2 Å². The Kier molecular flexibility index (Phi) is 4.94. The topological polar surface area (TPSA) is 21.7 Å². The van der Waals surface area contributed by atoms with Gasteiger partial charge >= 0.3 is 0 Å². The molecule has 1 heterocycles. The standard InChI is InChI=1S/C15H22ClNO2/c1-11(8-16)9-17-5-4-12-6-14(18-2)15(19-3)7-13(12)10-17/h6-7,11H,4-5,8-10H2,1-3H3. The molecule has 0 radical (unpaired) electrons. The number of methoxy groups -OCH3 is 2. The first-order chi connectivity index (χ1) is 9.17. The Hall–Kier alpha value is -0.930. The predicted octanol–water partition coefficient (Wildman–Crippen LogP) is 2.94. The first kappa shape index (κ1) is 14.5. The lowest BCUT2D eigenvalue weighted by Crippen LogP contribution is -2.34. The Morgan fingerprint density at radius 1 is 1.21 bits per heavy atom. The molecule has 0 amide bonds. The summed E-state index contributed by atoms with van der Waals surface area (Å²) in [6.45, 7) is 5.30. The van der Waals surface area contributed by atoms with Crippen molar-refractivity contribution >= 4 is 11.6 Å². The molecule has 0 bridgehead atoms. The summed E-state index contributed by atoms with van der Waals surface area (Å²) in [6, 6.07) is 4.21. The third-order valence-corrected chi connectivity index (χ3v) is 4.16. The number of nitrogens with zero attached hydrogens (tertiary/aromatic N) is 1. The number of benzene rings is 1. The molecule has 0 aromatic heterocycles. The molecule has 3 nitrogen and oxygen atoms in total. The van der Waals surface area contributed by atoms with Gasteiger partial charge in [0.25, 0.3) is 0 Å². The van der Waals surface area contributed by atoms with E-state index in [1.165, 1.54) is 11.1 Å². The Bertz CT molecular complexity index is 436. The third-order valence-electron chi connectivity index (χ3n) is 3.63. The molecule has 2 rings (SSSR count). The van der Waals surface area contributed by atoms with Crippen molar-refractivity contribution in [2.75, 3.05) is 33.2 Å². The molecule has 1 aromatic rings. The number of ether oxygens (including phenoxy) is 2. The largest absolute Gasteiger partial charge is 0.493 e. The quantitative estimate of drug-likeness (QED) is 0.776. The van der Waals surface area contributed by atoms with Crippen LogP contribution in [0.15, 0.2) is 12.1 Å². The van der Waals surface area contributed by atoms with E-state index in [0.717, 1.165) is 43.4 Å². The highest BCUT2D eigenvalue weighted by atomic mass is 35.5. The van der Waals surface area contributed by atoms with Gasteiger partial charge in [0.15, 0.2) is 11.5 Å². The van der Waals surface area contributed by atoms with E-state index in [2.05, 4.69) is 24.0 Å². The summed E-state index contributed by atoms with van der Waals surface area (Å²) in [5.74, 6) is 2.88. The van der Waals surface area contributed by atoms with Crippen LogP contribution >= 0.6 is 11.6 Å². The lowest BCUT2D eigenvalue weighted by Gasteiger charge is -2.31. The van der Waals surface area contributed by atoms with Gasteiger partial charge in [-0.1, -0.05) is 6.92 Å². The first-order valence-corrected chi connectivity index (χ1v) is 7.23. The van der Waals surface area contributed by atoms with Crippen molar-refractivity contribution in [1.29, 1.82) is 0 Å². The zero-order valence-corrected chi connectivity index (χ0v) is 12.7. The van der Waals surface area contributed by atoms with Gasteiger partial charge in [-0.15, -0.1) is 11.6 Å². The van der Waals surface area contributed by atoms with Crippen LogP contribution < -0.4 is 9.47 Å². The predicted molar refractivity (Wildman–Crippen MR) is 78.4 cm³/mol. The Balaban J connectivity index is 2.15. The van der Waals surface area contributed by atoms with Crippen molar-refractivity contribution in [3.8, 4) is 11.5 Å². The van der Waals surface area contributed by atoms with Gasteiger partial charge in [0.2, 0.25) is 0 Å². The minimum atomic E-state index is 0.531. The molecule has 0 saturated carbocycles. The normalized spacial score (nSPS) is 16.8. The number of hydrogen-bond acceptors (Lipinski definition) is 3. The summed E-state index contributed by atoms with van der Waals surface area (Å²) >= 11 is 5.90. The molecule has 1 aliphatic heterocycles. The second kappa shape index (κ2) is 6.49. The molecule has 0 fully saturated rings. The monoisotopic (exact) mass is 283 g/mol. The molecule has 4 heteroatoms. The van der Waals surface area contributed by atoms with Gasteiger partial charge in [-0.25, -0.2) is 0 Å². The van der Waals surface area contributed by atoms with Gasteiger partial charge in [-0.2, -0.15) is 0 Å². The minimum absolute atomic E-state index is 0.531. The zero-order chi connectivity index (χ0) is 13.8. The van der Waals surface area contributed by atoms with Crippen molar-refractivity contribution in [1.82, 2.24) is 4.90 Å². The average Bonchev–Trinajstić information content (AvgIpc) is 2.45. The van der Waals surface area contributed by atoms with Crippen LogP contribution in [-0.4, -0.2) is 38.1 Å². The maximum Gasteiger partial charge on any atom is 0.161 e. The van der Waals surface area contributed by atoms with E-state index in [-0.39, 0.29) is 0 Å². The highest BCUT2D eigenvalue weighted by Gasteiger charge is 2.20. The van der Waals surface area contributed by atoms with Gasteiger partial charge in [0, 0.05) is 25.5 Å². The van der Waals surface area contributed by atoms with Crippen molar-refractivity contribution in [2.45, 2.75) is 19.9 Å². The molecule has 0 spiro atoms. The summed E-state index contributed by atoms with van der Waals surface area (Å²) in [7, 11) is 3.36. The van der Waals surface area contributed by atoms with Gasteiger partial charge in [0.1, 0.15) is 0 Å². The molecule has 0 saturated heterocycles. The van der Waals surface area contributed by atoms with E-state index >= 15 is 0 Å². The van der Waals surface area contributed by atoms with E-state index in [4.69, 9.17) is 21.1 Å². The maximum atomic E-state index is 5.90. The number of rotatable bonds is 5. The van der Waals surface area contributed by atoms with Crippen molar-refractivity contribution in [3.05, 3.63) is 23.3 Å². The highest BCUT2D eigenvalue weighted by molar-refractivity contribution is 6.18. The Labute approximate surface area is 120 Å². The molecule has 1 atom stereocenters. The van der Waals surface area contributed by atoms with Crippen LogP contribution in [0, 0.1) is 5.92 Å². The SMILES string of the molecule is COc1cc2c(cc1OC)CN(CC(C)CCl)CC2. The van der Waals surface area contributed by atoms with Crippen molar-refractivity contribution < 1.29 is 9.47 Å². The fraction of sp³-hybridized carbons (Fsp3) is 0.600. The van der Waals surface area contributed by atoms with Crippen LogP contribution in [0.25, 0.3) is 0 Å². The van der Waals surface area contributed by atoms with E-state index in [0.29, 0.717) is 5.92 Å². The summed E-state index contributed by atoms with van der Waals surface area (Å²) in [5, 5.41) is 0. The van der Waals surface area contributed by atoms with Crippen LogP contribution in [0.4, 0.5) is 0 Å². The minimum Gasteiger partial charge on any atom is -0.493 e. The van der Waals surface area contributed by atoms with E-state index in [9.17, 15) is 0 Å². The lowest BCUT2D eigenvalue weighted by atomic mass is 9.98. The van der Waals surface area contributed by atoms with Crippen LogP contribution in [0.1, 0.15) is 18.1 Å². The van der Waals surface area contributed by atoms with Gasteiger partial charge in [-0.05, 0) is 35.6 Å². The number of hydrogen-bond donors (Lipinski definition) is 0. The smallest absolute Gasteiger partial charge is 0.161 e. The average molecular weight is 284 g/mol. The summed E-state index contributed by atoms with van der Waals surface area (Å²) < 4.78 is 10.7. The molecular weight excluding hydrogens is 262 g/mol. The van der Waals surface area contributed by atoms with Crippen molar-refractivity contribution in [2.24, 2.45) is 5.92 Å². The number of alkyl halides is 1. The fourth-order valence-electron chi connectivity index (χ4n) is 2.59. The lowest BCUT2D eigenvalue weighted by molar-refractivity contribution is 0.226. The summed E-state index contributed by atoms with van der Waals surface area (Å²) in [6.07, 6.45) is 1.06. The van der Waals surface area contributed by atoms with Gasteiger partial charge < -0.3 is 9.47 Å². The molecule has 1 aromatic carbocycles. The molecule has 0 N–H and O–H groups in total. The van der Waals surface area contributed by atoms with Crippen molar-refractivity contribution in [3.63, 3.8) is 0 Å². The second-order valence-corrected chi connectivity index (χ2v) is 5.53. The van der Waals surface area contributed by atoms with Crippen LogP contribution in [0.5, 0.6) is 11.5 Å². The zero-order valence-electron chi connectivity index (χ0n) is 11.9. The summed E-state index contributed by atoms with van der Waals surface area (Å²) in [5.41, 5.74) is 2.71. The maximum absolute atomic E-state index is 5.90. The van der Waals surface area contributed by atoms with E-state index < -0.39 is 0 Å². The van der Waals surface area contributed by atoms with E-state index in [1.807, 2.05) is 0 Å². The molecule has 0 aliphatic carbocycles. The molecular formula is C15H22ClNO2. The van der Waals surface area contributed by atoms with Crippen LogP contribution in [0.2, 0.25) is 0 Å². The highest BCUT2D eigenvalue weighted by Crippen LogP contribution is 2.33. The van der Waals surface area contributed by atoms with Crippen LogP contribution in [0.3, 0.4) is 0 Å². The molecule has 1 aliphatic rings. The molecule has 1 unspecified atom stereocenters. The Morgan fingerprint density at radius 3 is 2.42 bits per heavy atom. The Morgan fingerprint density at radius 2 is 1.84 bits per heavy atom. The van der Waals surface area contributed by atoms with Crippen LogP contribution in [-0.2, 0) is 13.0 Å². The third kappa shape index (κ3) is 3.34. The first-order valence-electron chi connectivity index (χ1n) is 6.70.